The van der Waals surface area contributed by atoms with Crippen LogP contribution in [0.1, 0.15) is 15.9 Å². The molecule has 3 rings (SSSR count). The van der Waals surface area contributed by atoms with E-state index in [9.17, 15) is 4.79 Å². The molecular formula is C20H17Cl2N3O. The van der Waals surface area contributed by atoms with Gasteiger partial charge in [0.25, 0.3) is 5.91 Å². The number of pyridine rings is 1. The van der Waals surface area contributed by atoms with Gasteiger partial charge in [0.2, 0.25) is 0 Å². The summed E-state index contributed by atoms with van der Waals surface area (Å²) in [4.78, 5) is 16.5. The van der Waals surface area contributed by atoms with Gasteiger partial charge in [0.1, 0.15) is 0 Å². The fourth-order valence-electron chi connectivity index (χ4n) is 2.48. The highest BCUT2D eigenvalue weighted by Gasteiger charge is 2.07. The van der Waals surface area contributed by atoms with Crippen molar-refractivity contribution in [2.24, 2.45) is 0 Å². The third-order valence-corrected chi connectivity index (χ3v) is 4.17. The molecule has 0 atom stereocenters. The second-order valence-electron chi connectivity index (χ2n) is 5.73. The third-order valence-electron chi connectivity index (χ3n) is 3.70. The molecule has 132 valence electrons. The van der Waals surface area contributed by atoms with E-state index in [1.807, 2.05) is 36.4 Å². The normalized spacial score (nSPS) is 10.4. The van der Waals surface area contributed by atoms with Crippen LogP contribution in [0, 0.1) is 0 Å². The first-order valence-corrected chi connectivity index (χ1v) is 8.86. The van der Waals surface area contributed by atoms with Gasteiger partial charge in [-0.25, -0.2) is 0 Å². The van der Waals surface area contributed by atoms with Crippen LogP contribution in [0.25, 0.3) is 0 Å². The van der Waals surface area contributed by atoms with Crippen LogP contribution >= 0.6 is 23.2 Å². The number of hydrogen-bond donors (Lipinski definition) is 2. The van der Waals surface area contributed by atoms with Crippen molar-refractivity contribution >= 4 is 40.5 Å². The Bertz CT molecular complexity index is 915. The average Bonchev–Trinajstić information content (AvgIpc) is 2.62. The predicted molar refractivity (Wildman–Crippen MR) is 106 cm³/mol. The number of rotatable bonds is 6. The van der Waals surface area contributed by atoms with Gasteiger partial charge in [0.05, 0.1) is 17.4 Å². The molecule has 0 bridgehead atoms. The third kappa shape index (κ3) is 5.22. The standard InChI is InChI=1S/C20H17Cl2N3O/c21-16-4-1-3-14(9-16)7-8-24-20(26)15-10-19(13-23-12-15)25-18-6-2-5-17(22)11-18/h1-6,9-13,25H,7-8H2,(H,24,26). The predicted octanol–water partition coefficient (Wildman–Crippen LogP) is 5.10. The first kappa shape index (κ1) is 18.2. The summed E-state index contributed by atoms with van der Waals surface area (Å²) in [6, 6.07) is 16.7. The lowest BCUT2D eigenvalue weighted by Gasteiger charge is -2.09. The molecule has 0 aliphatic carbocycles. The zero-order valence-electron chi connectivity index (χ0n) is 13.9. The molecule has 0 aliphatic rings. The van der Waals surface area contributed by atoms with Gasteiger partial charge in [0, 0.05) is 28.5 Å². The lowest BCUT2D eigenvalue weighted by atomic mass is 10.1. The van der Waals surface area contributed by atoms with Crippen LogP contribution in [0.4, 0.5) is 11.4 Å². The molecule has 1 heterocycles. The van der Waals surface area contributed by atoms with Crippen molar-refractivity contribution in [3.05, 3.63) is 88.2 Å². The summed E-state index contributed by atoms with van der Waals surface area (Å²) >= 11 is 11.9. The van der Waals surface area contributed by atoms with Crippen molar-refractivity contribution < 1.29 is 4.79 Å². The number of halogens is 2. The van der Waals surface area contributed by atoms with E-state index >= 15 is 0 Å². The smallest absolute Gasteiger partial charge is 0.252 e. The summed E-state index contributed by atoms with van der Waals surface area (Å²) in [6.45, 7) is 0.519. The number of nitrogens with zero attached hydrogens (tertiary/aromatic N) is 1. The number of anilines is 2. The quantitative estimate of drug-likeness (QED) is 0.620. The van der Waals surface area contributed by atoms with Crippen LogP contribution in [0.2, 0.25) is 10.0 Å². The molecule has 0 unspecified atom stereocenters. The van der Waals surface area contributed by atoms with Crippen LogP contribution in [0.5, 0.6) is 0 Å². The van der Waals surface area contributed by atoms with E-state index < -0.39 is 0 Å². The minimum absolute atomic E-state index is 0.172. The molecule has 0 saturated carbocycles. The number of amides is 1. The van der Waals surface area contributed by atoms with Crippen molar-refractivity contribution in [3.8, 4) is 0 Å². The first-order chi connectivity index (χ1) is 12.6. The Kier molecular flexibility index (Phi) is 6.10. The highest BCUT2D eigenvalue weighted by molar-refractivity contribution is 6.31. The number of aromatic nitrogens is 1. The second-order valence-corrected chi connectivity index (χ2v) is 6.61. The molecule has 0 aliphatic heterocycles. The minimum Gasteiger partial charge on any atom is -0.354 e. The lowest BCUT2D eigenvalue weighted by molar-refractivity contribution is 0.0954. The molecular weight excluding hydrogens is 369 g/mol. The Balaban J connectivity index is 1.59. The van der Waals surface area contributed by atoms with E-state index in [0.717, 1.165) is 16.9 Å². The Hall–Kier alpha value is -2.56. The zero-order valence-corrected chi connectivity index (χ0v) is 15.4. The Labute approximate surface area is 162 Å². The number of hydrogen-bond acceptors (Lipinski definition) is 3. The molecule has 6 heteroatoms. The summed E-state index contributed by atoms with van der Waals surface area (Å²) in [7, 11) is 0. The second kappa shape index (κ2) is 8.70. The highest BCUT2D eigenvalue weighted by Crippen LogP contribution is 2.20. The number of carbonyl (C=O) groups excluding carboxylic acids is 1. The zero-order chi connectivity index (χ0) is 18.4. The highest BCUT2D eigenvalue weighted by atomic mass is 35.5. The van der Waals surface area contributed by atoms with Gasteiger partial charge in [-0.05, 0) is 48.4 Å². The van der Waals surface area contributed by atoms with Crippen molar-refractivity contribution in [2.75, 3.05) is 11.9 Å². The van der Waals surface area contributed by atoms with E-state index in [1.54, 1.807) is 24.4 Å². The van der Waals surface area contributed by atoms with Crippen molar-refractivity contribution in [3.63, 3.8) is 0 Å². The molecule has 3 aromatic rings. The maximum atomic E-state index is 12.3. The number of carbonyl (C=O) groups is 1. The van der Waals surface area contributed by atoms with Crippen LogP contribution in [-0.4, -0.2) is 17.4 Å². The first-order valence-electron chi connectivity index (χ1n) is 8.10. The lowest BCUT2D eigenvalue weighted by Crippen LogP contribution is -2.25. The van der Waals surface area contributed by atoms with Gasteiger partial charge in [-0.3, -0.25) is 9.78 Å². The van der Waals surface area contributed by atoms with Gasteiger partial charge >= 0.3 is 0 Å². The summed E-state index contributed by atoms with van der Waals surface area (Å²) in [5.41, 5.74) is 3.11. The van der Waals surface area contributed by atoms with Crippen LogP contribution in [0.3, 0.4) is 0 Å². The average molecular weight is 386 g/mol. The van der Waals surface area contributed by atoms with Gasteiger partial charge in [-0.2, -0.15) is 0 Å². The minimum atomic E-state index is -0.172. The summed E-state index contributed by atoms with van der Waals surface area (Å²) in [5.74, 6) is -0.172. The Morgan fingerprint density at radius 1 is 0.923 bits per heavy atom. The van der Waals surface area contributed by atoms with Crippen molar-refractivity contribution in [1.82, 2.24) is 10.3 Å². The largest absolute Gasteiger partial charge is 0.354 e. The van der Waals surface area contributed by atoms with Crippen molar-refractivity contribution in [1.29, 1.82) is 0 Å². The maximum absolute atomic E-state index is 12.3. The molecule has 0 saturated heterocycles. The van der Waals surface area contributed by atoms with E-state index in [2.05, 4.69) is 15.6 Å². The van der Waals surface area contributed by atoms with Crippen LogP contribution < -0.4 is 10.6 Å². The molecule has 0 fully saturated rings. The van der Waals surface area contributed by atoms with E-state index in [0.29, 0.717) is 28.6 Å². The van der Waals surface area contributed by atoms with Gasteiger partial charge < -0.3 is 10.6 Å². The molecule has 1 aromatic heterocycles. The van der Waals surface area contributed by atoms with Crippen LogP contribution in [0.15, 0.2) is 67.0 Å². The molecule has 26 heavy (non-hydrogen) atoms. The molecule has 2 N–H and O–H groups in total. The maximum Gasteiger partial charge on any atom is 0.252 e. The SMILES string of the molecule is O=C(NCCc1cccc(Cl)c1)c1cncc(Nc2cccc(Cl)c2)c1. The molecule has 4 nitrogen and oxygen atoms in total. The topological polar surface area (TPSA) is 54.0 Å². The van der Waals surface area contributed by atoms with Crippen molar-refractivity contribution in [2.45, 2.75) is 6.42 Å². The van der Waals surface area contributed by atoms with E-state index in [4.69, 9.17) is 23.2 Å². The van der Waals surface area contributed by atoms with Gasteiger partial charge in [-0.1, -0.05) is 41.4 Å². The van der Waals surface area contributed by atoms with Gasteiger partial charge in [0.15, 0.2) is 0 Å². The summed E-state index contributed by atoms with van der Waals surface area (Å²) in [6.07, 6.45) is 3.90. The van der Waals surface area contributed by atoms with E-state index in [-0.39, 0.29) is 5.91 Å². The molecule has 0 spiro atoms. The molecule has 2 aromatic carbocycles. The Morgan fingerprint density at radius 2 is 1.69 bits per heavy atom. The fourth-order valence-corrected chi connectivity index (χ4v) is 2.88. The monoisotopic (exact) mass is 385 g/mol. The van der Waals surface area contributed by atoms with E-state index in [1.165, 1.54) is 6.20 Å². The number of nitrogens with one attached hydrogen (secondary N) is 2. The summed E-state index contributed by atoms with van der Waals surface area (Å²) in [5, 5.41) is 7.41. The van der Waals surface area contributed by atoms with Gasteiger partial charge in [-0.15, -0.1) is 0 Å². The fraction of sp³-hybridized carbons (Fsp3) is 0.100. The summed E-state index contributed by atoms with van der Waals surface area (Å²) < 4.78 is 0. The number of benzene rings is 2. The van der Waals surface area contributed by atoms with Crippen LogP contribution in [-0.2, 0) is 6.42 Å². The molecule has 1 amide bonds. The Morgan fingerprint density at radius 3 is 2.46 bits per heavy atom. The molecule has 0 radical (unpaired) electrons.